The Morgan fingerprint density at radius 1 is 1.03 bits per heavy atom. The third kappa shape index (κ3) is 5.75. The summed E-state index contributed by atoms with van der Waals surface area (Å²) in [5, 5.41) is 8.33. The smallest absolute Gasteiger partial charge is 0.350 e. The molecule has 1 aromatic carbocycles. The van der Waals surface area contributed by atoms with Crippen molar-refractivity contribution in [1.29, 1.82) is 0 Å². The number of hydrogen-bond acceptors (Lipinski definition) is 5. The minimum Gasteiger partial charge on any atom is -0.350 e. The third-order valence-electron chi connectivity index (χ3n) is 4.57. The number of nitrogens with one attached hydrogen (secondary N) is 2. The fourth-order valence-electron chi connectivity index (χ4n) is 2.93. The number of hydrogen-bond donors (Lipinski definition) is 2. The van der Waals surface area contributed by atoms with Crippen LogP contribution in [0, 0.1) is 0 Å². The minimum absolute atomic E-state index is 0.0397. The summed E-state index contributed by atoms with van der Waals surface area (Å²) in [6, 6.07) is 7.56. The Labute approximate surface area is 176 Å². The first-order valence-electron chi connectivity index (χ1n) is 9.30. The van der Waals surface area contributed by atoms with E-state index in [1.165, 1.54) is 4.90 Å². The zero-order valence-electron chi connectivity index (χ0n) is 16.2. The van der Waals surface area contributed by atoms with Crippen LogP contribution in [0.25, 0.3) is 5.69 Å². The molecular weight excluding hydrogens is 439 g/mol. The summed E-state index contributed by atoms with van der Waals surface area (Å²) < 4.78 is 63.7. The Bertz CT molecular complexity index is 1040. The van der Waals surface area contributed by atoms with Gasteiger partial charge < -0.3 is 15.5 Å². The van der Waals surface area contributed by atoms with Crippen LogP contribution in [0.5, 0.6) is 0 Å². The number of para-hydroxylation sites is 1. The second kappa shape index (κ2) is 8.96. The molecule has 0 spiro atoms. The molecule has 1 aromatic heterocycles. The highest BCUT2D eigenvalue weighted by atomic mass is 32.2. The van der Waals surface area contributed by atoms with Crippen LogP contribution in [0.15, 0.2) is 36.5 Å². The van der Waals surface area contributed by atoms with Crippen LogP contribution in [-0.4, -0.2) is 72.7 Å². The zero-order chi connectivity index (χ0) is 22.6. The number of sulfone groups is 1. The van der Waals surface area contributed by atoms with E-state index >= 15 is 0 Å². The van der Waals surface area contributed by atoms with E-state index < -0.39 is 39.2 Å². The van der Waals surface area contributed by atoms with E-state index in [4.69, 9.17) is 0 Å². The number of benzene rings is 1. The molecular formula is C18H20F3N5O4S. The number of carbonyl (C=O) groups excluding carboxylic acids is 2. The molecule has 0 atom stereocenters. The standard InChI is InChI=1S/C18H20F3N5O4S/c19-18(20,21)15-14(12-26(24-15)13-4-2-1-3-5-13)16(27)22-6-7-23-17(28)25-8-10-31(29,30)11-9-25/h1-5,12H,6-11H2,(H,22,27)(H,23,28). The van der Waals surface area contributed by atoms with Crippen LogP contribution in [0.1, 0.15) is 16.1 Å². The molecule has 0 radical (unpaired) electrons. The van der Waals surface area contributed by atoms with Gasteiger partial charge in [0.05, 0.1) is 22.8 Å². The second-order valence-electron chi connectivity index (χ2n) is 6.80. The Balaban J connectivity index is 1.58. The number of rotatable bonds is 5. The van der Waals surface area contributed by atoms with Gasteiger partial charge in [0.25, 0.3) is 5.91 Å². The summed E-state index contributed by atoms with van der Waals surface area (Å²) in [5.74, 6) is -1.22. The van der Waals surface area contributed by atoms with Gasteiger partial charge in [0, 0.05) is 32.4 Å². The van der Waals surface area contributed by atoms with Gasteiger partial charge in [-0.25, -0.2) is 17.9 Å². The van der Waals surface area contributed by atoms with E-state index in [0.717, 1.165) is 10.9 Å². The molecule has 3 amide bonds. The van der Waals surface area contributed by atoms with Gasteiger partial charge in [0.1, 0.15) is 0 Å². The molecule has 0 saturated carbocycles. The van der Waals surface area contributed by atoms with Gasteiger partial charge in [-0.15, -0.1) is 0 Å². The highest BCUT2D eigenvalue weighted by molar-refractivity contribution is 7.91. The summed E-state index contributed by atoms with van der Waals surface area (Å²) in [4.78, 5) is 25.7. The molecule has 1 fully saturated rings. The maximum atomic E-state index is 13.3. The van der Waals surface area contributed by atoms with Crippen LogP contribution in [0.2, 0.25) is 0 Å². The van der Waals surface area contributed by atoms with Crippen molar-refractivity contribution in [3.63, 3.8) is 0 Å². The zero-order valence-corrected chi connectivity index (χ0v) is 17.0. The number of urea groups is 1. The SMILES string of the molecule is O=C(NCCNC(=O)N1CCS(=O)(=O)CC1)c1cn(-c2ccccc2)nc1C(F)(F)F. The maximum Gasteiger partial charge on any atom is 0.435 e. The highest BCUT2D eigenvalue weighted by Crippen LogP contribution is 2.31. The average molecular weight is 459 g/mol. The summed E-state index contributed by atoms with van der Waals surface area (Å²) in [6.45, 7) is -0.0329. The van der Waals surface area contributed by atoms with Gasteiger partial charge in [0.2, 0.25) is 0 Å². The van der Waals surface area contributed by atoms with Crippen molar-refractivity contribution >= 4 is 21.8 Å². The number of alkyl halides is 3. The van der Waals surface area contributed by atoms with Gasteiger partial charge in [-0.2, -0.15) is 18.3 Å². The lowest BCUT2D eigenvalue weighted by Gasteiger charge is -2.26. The predicted molar refractivity (Wildman–Crippen MR) is 105 cm³/mol. The fraction of sp³-hybridized carbons (Fsp3) is 0.389. The first kappa shape index (κ1) is 22.6. The topological polar surface area (TPSA) is 113 Å². The molecule has 13 heteroatoms. The molecule has 0 unspecified atom stereocenters. The van der Waals surface area contributed by atoms with E-state index in [0.29, 0.717) is 5.69 Å². The van der Waals surface area contributed by atoms with Crippen molar-refractivity contribution in [3.8, 4) is 5.69 Å². The lowest BCUT2D eigenvalue weighted by molar-refractivity contribution is -0.141. The second-order valence-corrected chi connectivity index (χ2v) is 9.10. The van der Waals surface area contributed by atoms with Crippen molar-refractivity contribution < 1.29 is 31.2 Å². The van der Waals surface area contributed by atoms with Gasteiger partial charge in [0.15, 0.2) is 15.5 Å². The van der Waals surface area contributed by atoms with E-state index in [1.54, 1.807) is 30.3 Å². The van der Waals surface area contributed by atoms with E-state index in [2.05, 4.69) is 15.7 Å². The highest BCUT2D eigenvalue weighted by Gasteiger charge is 2.39. The number of halogens is 3. The summed E-state index contributed by atoms with van der Waals surface area (Å²) in [7, 11) is -3.13. The average Bonchev–Trinajstić information content (AvgIpc) is 3.18. The van der Waals surface area contributed by atoms with Gasteiger partial charge in [-0.05, 0) is 12.1 Å². The first-order chi connectivity index (χ1) is 14.6. The Morgan fingerprint density at radius 2 is 1.65 bits per heavy atom. The molecule has 168 valence electrons. The molecule has 31 heavy (non-hydrogen) atoms. The van der Waals surface area contributed by atoms with Crippen molar-refractivity contribution in [2.75, 3.05) is 37.7 Å². The minimum atomic E-state index is -4.82. The lowest BCUT2D eigenvalue weighted by atomic mass is 10.2. The molecule has 2 N–H and O–H groups in total. The lowest BCUT2D eigenvalue weighted by Crippen LogP contribution is -2.49. The number of aromatic nitrogens is 2. The molecule has 1 saturated heterocycles. The Kier molecular flexibility index (Phi) is 6.53. The quantitative estimate of drug-likeness (QED) is 0.650. The van der Waals surface area contributed by atoms with E-state index in [1.807, 2.05) is 0 Å². The third-order valence-corrected chi connectivity index (χ3v) is 6.18. The fourth-order valence-corrected chi connectivity index (χ4v) is 4.13. The van der Waals surface area contributed by atoms with Gasteiger partial charge in [-0.1, -0.05) is 18.2 Å². The van der Waals surface area contributed by atoms with Crippen LogP contribution < -0.4 is 10.6 Å². The van der Waals surface area contributed by atoms with Crippen LogP contribution >= 0.6 is 0 Å². The maximum absolute atomic E-state index is 13.3. The Morgan fingerprint density at radius 3 is 2.26 bits per heavy atom. The molecule has 2 heterocycles. The van der Waals surface area contributed by atoms with Crippen molar-refractivity contribution in [3.05, 3.63) is 47.8 Å². The van der Waals surface area contributed by atoms with Crippen molar-refractivity contribution in [1.82, 2.24) is 25.3 Å². The summed E-state index contributed by atoms with van der Waals surface area (Å²) >= 11 is 0. The molecule has 0 aliphatic carbocycles. The van der Waals surface area contributed by atoms with Crippen LogP contribution in [0.3, 0.4) is 0 Å². The predicted octanol–water partition coefficient (Wildman–Crippen LogP) is 1.06. The molecule has 1 aliphatic rings. The molecule has 0 bridgehead atoms. The summed E-state index contributed by atoms with van der Waals surface area (Å²) in [6.07, 6.45) is -3.82. The number of nitrogens with zero attached hydrogens (tertiary/aromatic N) is 3. The van der Waals surface area contributed by atoms with Gasteiger partial charge >= 0.3 is 12.2 Å². The monoisotopic (exact) mass is 459 g/mol. The molecule has 9 nitrogen and oxygen atoms in total. The number of amides is 3. The summed E-state index contributed by atoms with van der Waals surface area (Å²) in [5.41, 5.74) is -1.58. The number of carbonyl (C=O) groups is 2. The Hall–Kier alpha value is -3.09. The van der Waals surface area contributed by atoms with E-state index in [9.17, 15) is 31.2 Å². The van der Waals surface area contributed by atoms with E-state index in [-0.39, 0.29) is 37.7 Å². The normalized spacial score (nSPS) is 16.0. The van der Waals surface area contributed by atoms with Crippen LogP contribution in [0.4, 0.5) is 18.0 Å². The van der Waals surface area contributed by atoms with Crippen molar-refractivity contribution in [2.45, 2.75) is 6.18 Å². The van der Waals surface area contributed by atoms with Crippen molar-refractivity contribution in [2.24, 2.45) is 0 Å². The molecule has 1 aliphatic heterocycles. The molecule has 2 aromatic rings. The van der Waals surface area contributed by atoms with Crippen LogP contribution in [-0.2, 0) is 16.0 Å². The molecule has 3 rings (SSSR count). The largest absolute Gasteiger partial charge is 0.435 e. The van der Waals surface area contributed by atoms with Gasteiger partial charge in [-0.3, -0.25) is 4.79 Å². The first-order valence-corrected chi connectivity index (χ1v) is 11.1.